The molecule has 1 aromatic carbocycles. The molecule has 0 bridgehead atoms. The molecule has 0 spiro atoms. The van der Waals surface area contributed by atoms with Gasteiger partial charge in [-0.3, -0.25) is 0 Å². The van der Waals surface area contributed by atoms with E-state index in [1.54, 1.807) is 26.2 Å². The van der Waals surface area contributed by atoms with E-state index in [2.05, 4.69) is 0 Å². The fourth-order valence-electron chi connectivity index (χ4n) is 1.18. The Labute approximate surface area is 80.0 Å². The highest BCUT2D eigenvalue weighted by atomic mass is 32.2. The number of hydrogen-bond donors (Lipinski definition) is 1. The molecule has 1 atom stereocenters. The van der Waals surface area contributed by atoms with Crippen LogP contribution in [0.1, 0.15) is 11.1 Å². The molecule has 0 heterocycles. The summed E-state index contributed by atoms with van der Waals surface area (Å²) in [5.74, 6) is 0.742. The number of methoxy groups -OCH3 is 1. The van der Waals surface area contributed by atoms with E-state index >= 15 is 0 Å². The van der Waals surface area contributed by atoms with Crippen molar-refractivity contribution in [1.29, 1.82) is 0 Å². The molecule has 72 valence electrons. The van der Waals surface area contributed by atoms with Gasteiger partial charge in [0.25, 0.3) is 0 Å². The molecule has 4 heteroatoms. The zero-order chi connectivity index (χ0) is 10.0. The first-order valence-corrected chi connectivity index (χ1v) is 4.93. The van der Waals surface area contributed by atoms with E-state index in [1.165, 1.54) is 0 Å². The average molecular weight is 200 g/mol. The molecule has 1 N–H and O–H groups in total. The zero-order valence-corrected chi connectivity index (χ0v) is 8.64. The molecule has 13 heavy (non-hydrogen) atoms. The second-order valence-corrected chi connectivity index (χ2v) is 3.70. The van der Waals surface area contributed by atoms with Crippen LogP contribution in [-0.2, 0) is 11.1 Å². The first kappa shape index (κ1) is 10.2. The third kappa shape index (κ3) is 1.89. The lowest BCUT2D eigenvalue weighted by Gasteiger charge is -2.09. The van der Waals surface area contributed by atoms with Crippen LogP contribution >= 0.6 is 0 Å². The van der Waals surface area contributed by atoms with E-state index in [4.69, 9.17) is 9.29 Å². The van der Waals surface area contributed by atoms with Gasteiger partial charge < -0.3 is 9.29 Å². The second kappa shape index (κ2) is 3.89. The molecule has 0 saturated heterocycles. The SMILES string of the molecule is COc1ccc(S(=O)O)c(C)c1C. The van der Waals surface area contributed by atoms with Crippen molar-refractivity contribution in [3.8, 4) is 5.75 Å². The van der Waals surface area contributed by atoms with Gasteiger partial charge in [0.15, 0.2) is 11.1 Å². The Balaban J connectivity index is 3.31. The van der Waals surface area contributed by atoms with Gasteiger partial charge in [0.1, 0.15) is 5.75 Å². The van der Waals surface area contributed by atoms with Crippen molar-refractivity contribution in [3.05, 3.63) is 23.3 Å². The van der Waals surface area contributed by atoms with E-state index in [0.29, 0.717) is 4.90 Å². The van der Waals surface area contributed by atoms with Gasteiger partial charge in [-0.2, -0.15) is 0 Å². The Morgan fingerprint density at radius 2 is 1.92 bits per heavy atom. The van der Waals surface area contributed by atoms with Gasteiger partial charge in [-0.25, -0.2) is 4.21 Å². The largest absolute Gasteiger partial charge is 0.496 e. The summed E-state index contributed by atoms with van der Waals surface area (Å²) in [6.45, 7) is 3.67. The van der Waals surface area contributed by atoms with Crippen LogP contribution in [0.4, 0.5) is 0 Å². The van der Waals surface area contributed by atoms with Gasteiger partial charge in [-0.05, 0) is 37.1 Å². The highest BCUT2D eigenvalue weighted by molar-refractivity contribution is 7.79. The maximum absolute atomic E-state index is 10.8. The summed E-state index contributed by atoms with van der Waals surface area (Å²) in [6, 6.07) is 3.31. The fraction of sp³-hybridized carbons (Fsp3) is 0.333. The van der Waals surface area contributed by atoms with Crippen molar-refractivity contribution in [1.82, 2.24) is 0 Å². The van der Waals surface area contributed by atoms with Crippen molar-refractivity contribution in [2.24, 2.45) is 0 Å². The lowest BCUT2D eigenvalue weighted by atomic mass is 10.1. The molecule has 0 radical (unpaired) electrons. The lowest BCUT2D eigenvalue weighted by Crippen LogP contribution is -1.97. The van der Waals surface area contributed by atoms with Gasteiger partial charge in [0.2, 0.25) is 0 Å². The minimum atomic E-state index is -1.92. The summed E-state index contributed by atoms with van der Waals surface area (Å²) >= 11 is -1.92. The quantitative estimate of drug-likeness (QED) is 0.741. The molecular formula is C9H12O3S. The number of rotatable bonds is 2. The summed E-state index contributed by atoms with van der Waals surface area (Å²) in [7, 11) is 1.58. The van der Waals surface area contributed by atoms with Crippen LogP contribution in [0.3, 0.4) is 0 Å². The molecule has 3 nitrogen and oxygen atoms in total. The topological polar surface area (TPSA) is 46.5 Å². The van der Waals surface area contributed by atoms with Gasteiger partial charge in [-0.1, -0.05) is 0 Å². The minimum Gasteiger partial charge on any atom is -0.496 e. The average Bonchev–Trinajstić information content (AvgIpc) is 2.09. The van der Waals surface area contributed by atoms with Crippen LogP contribution in [0.25, 0.3) is 0 Å². The van der Waals surface area contributed by atoms with E-state index in [1.807, 2.05) is 6.92 Å². The summed E-state index contributed by atoms with van der Waals surface area (Å²) in [5.41, 5.74) is 1.71. The Hall–Kier alpha value is -0.870. The number of ether oxygens (including phenoxy) is 1. The smallest absolute Gasteiger partial charge is 0.186 e. The summed E-state index contributed by atoms with van der Waals surface area (Å²) < 4.78 is 24.8. The molecular weight excluding hydrogens is 188 g/mol. The van der Waals surface area contributed by atoms with E-state index < -0.39 is 11.1 Å². The summed E-state index contributed by atoms with van der Waals surface area (Å²) in [4.78, 5) is 0.443. The predicted molar refractivity (Wildman–Crippen MR) is 51.5 cm³/mol. The van der Waals surface area contributed by atoms with Gasteiger partial charge in [0.05, 0.1) is 12.0 Å². The first-order chi connectivity index (χ1) is 6.07. The van der Waals surface area contributed by atoms with Crippen molar-refractivity contribution < 1.29 is 13.5 Å². The normalized spacial score (nSPS) is 12.6. The number of hydrogen-bond acceptors (Lipinski definition) is 2. The highest BCUT2D eigenvalue weighted by Crippen LogP contribution is 2.25. The maximum Gasteiger partial charge on any atom is 0.186 e. The molecule has 0 saturated carbocycles. The lowest BCUT2D eigenvalue weighted by molar-refractivity contribution is 0.410. The van der Waals surface area contributed by atoms with E-state index in [-0.39, 0.29) is 0 Å². The van der Waals surface area contributed by atoms with Crippen LogP contribution in [0.15, 0.2) is 17.0 Å². The minimum absolute atomic E-state index is 0.443. The predicted octanol–water partition coefficient (Wildman–Crippen LogP) is 1.89. The molecule has 0 aromatic heterocycles. The summed E-state index contributed by atoms with van der Waals surface area (Å²) in [6.07, 6.45) is 0. The zero-order valence-electron chi connectivity index (χ0n) is 7.83. The molecule has 1 unspecified atom stereocenters. The van der Waals surface area contributed by atoms with Gasteiger partial charge >= 0.3 is 0 Å². The number of benzene rings is 1. The molecule has 1 rings (SSSR count). The van der Waals surface area contributed by atoms with E-state index in [0.717, 1.165) is 16.9 Å². The molecule has 0 fully saturated rings. The Morgan fingerprint density at radius 1 is 1.31 bits per heavy atom. The van der Waals surface area contributed by atoms with Crippen LogP contribution in [0.5, 0.6) is 5.75 Å². The molecule has 0 aliphatic carbocycles. The monoisotopic (exact) mass is 200 g/mol. The first-order valence-electron chi connectivity index (χ1n) is 3.83. The van der Waals surface area contributed by atoms with Crippen LogP contribution in [0, 0.1) is 13.8 Å². The van der Waals surface area contributed by atoms with Gasteiger partial charge in [0, 0.05) is 0 Å². The molecule has 1 aromatic rings. The standard InChI is InChI=1S/C9H12O3S/c1-6-7(2)9(13(10)11)5-4-8(6)12-3/h4-5H,1-3H3,(H,10,11). The highest BCUT2D eigenvalue weighted by Gasteiger charge is 2.09. The Bertz CT molecular complexity index is 347. The van der Waals surface area contributed by atoms with Crippen LogP contribution in [0.2, 0.25) is 0 Å². The van der Waals surface area contributed by atoms with Crippen LogP contribution in [-0.4, -0.2) is 15.9 Å². The Morgan fingerprint density at radius 3 is 2.38 bits per heavy atom. The van der Waals surface area contributed by atoms with Gasteiger partial charge in [-0.15, -0.1) is 0 Å². The third-order valence-corrected chi connectivity index (χ3v) is 2.91. The van der Waals surface area contributed by atoms with Crippen molar-refractivity contribution in [2.45, 2.75) is 18.7 Å². The molecule has 0 amide bonds. The van der Waals surface area contributed by atoms with Crippen molar-refractivity contribution >= 4 is 11.1 Å². The fourth-order valence-corrected chi connectivity index (χ4v) is 1.78. The maximum atomic E-state index is 10.8. The van der Waals surface area contributed by atoms with E-state index in [9.17, 15) is 4.21 Å². The molecule has 0 aliphatic rings. The molecule has 0 aliphatic heterocycles. The van der Waals surface area contributed by atoms with Crippen molar-refractivity contribution in [2.75, 3.05) is 7.11 Å². The van der Waals surface area contributed by atoms with Crippen LogP contribution < -0.4 is 4.74 Å². The summed E-state index contributed by atoms with van der Waals surface area (Å²) in [5, 5.41) is 0. The van der Waals surface area contributed by atoms with Crippen molar-refractivity contribution in [3.63, 3.8) is 0 Å². The second-order valence-electron chi connectivity index (χ2n) is 2.77. The third-order valence-electron chi connectivity index (χ3n) is 2.10. The Kier molecular flexibility index (Phi) is 3.06.